The van der Waals surface area contributed by atoms with Gasteiger partial charge in [-0.2, -0.15) is 0 Å². The molecule has 244 valence electrons. The minimum atomic E-state index is -0.0458. The Morgan fingerprint density at radius 3 is 2.17 bits per heavy atom. The van der Waals surface area contributed by atoms with Gasteiger partial charge in [0.05, 0.1) is 0 Å². The lowest BCUT2D eigenvalue weighted by molar-refractivity contribution is 0.0950. The Morgan fingerprint density at radius 1 is 0.872 bits per heavy atom. The zero-order valence-corrected chi connectivity index (χ0v) is 28.8. The van der Waals surface area contributed by atoms with Crippen molar-refractivity contribution in [3.05, 3.63) is 125 Å². The molecule has 3 fully saturated rings. The number of rotatable bonds is 11. The lowest BCUT2D eigenvalue weighted by Crippen LogP contribution is -2.44. The number of benzene rings is 3. The summed E-state index contributed by atoms with van der Waals surface area (Å²) in [5, 5.41) is 3.73. The van der Waals surface area contributed by atoms with E-state index in [1.165, 1.54) is 84.0 Å². The molecule has 7 rings (SSSR count). The summed E-state index contributed by atoms with van der Waals surface area (Å²) in [4.78, 5) is 12.0. The maximum atomic E-state index is 4.97. The molecule has 0 amide bonds. The van der Waals surface area contributed by atoms with Crippen molar-refractivity contribution < 1.29 is 0 Å². The first-order chi connectivity index (χ1) is 22.8. The molecule has 2 saturated carbocycles. The lowest BCUT2D eigenvalue weighted by atomic mass is 9.63. The summed E-state index contributed by atoms with van der Waals surface area (Å²) < 4.78 is 0. The van der Waals surface area contributed by atoms with Crippen molar-refractivity contribution in [3.63, 3.8) is 0 Å². The van der Waals surface area contributed by atoms with Crippen LogP contribution >= 0.6 is 0 Å². The molecule has 47 heavy (non-hydrogen) atoms. The van der Waals surface area contributed by atoms with Gasteiger partial charge in [0.15, 0.2) is 0 Å². The molecule has 3 aliphatic rings. The van der Waals surface area contributed by atoms with Crippen molar-refractivity contribution in [1.82, 2.24) is 9.97 Å². The molecule has 1 spiro atoms. The first-order valence-electron chi connectivity index (χ1n) is 18.0. The zero-order valence-electron chi connectivity index (χ0n) is 28.8. The van der Waals surface area contributed by atoms with E-state index in [0.29, 0.717) is 11.5 Å². The Hall–Kier alpha value is -3.92. The number of aromatic nitrogens is 2. The summed E-state index contributed by atoms with van der Waals surface area (Å²) >= 11 is 0. The quantitative estimate of drug-likeness (QED) is 0.180. The number of nitrogens with zero attached hydrogens (tertiary/aromatic N) is 3. The van der Waals surface area contributed by atoms with E-state index in [4.69, 9.17) is 4.98 Å². The molecule has 0 unspecified atom stereocenters. The molecule has 1 N–H and O–H groups in total. The van der Waals surface area contributed by atoms with Crippen LogP contribution in [0.15, 0.2) is 85.6 Å². The first-order valence-corrected chi connectivity index (χ1v) is 18.0. The monoisotopic (exact) mass is 624 g/mol. The van der Waals surface area contributed by atoms with Gasteiger partial charge >= 0.3 is 0 Å². The fourth-order valence-corrected chi connectivity index (χ4v) is 8.20. The van der Waals surface area contributed by atoms with Crippen molar-refractivity contribution in [2.24, 2.45) is 11.3 Å². The second kappa shape index (κ2) is 13.3. The van der Waals surface area contributed by atoms with Gasteiger partial charge in [-0.1, -0.05) is 87.5 Å². The van der Waals surface area contributed by atoms with Gasteiger partial charge in [-0.15, -0.1) is 0 Å². The molecule has 1 aromatic heterocycles. The molecule has 0 radical (unpaired) electrons. The number of nitrogens with one attached hydrogen (secondary N) is 1. The van der Waals surface area contributed by atoms with Crippen molar-refractivity contribution in [2.75, 3.05) is 23.3 Å². The molecule has 2 heterocycles. The zero-order chi connectivity index (χ0) is 32.4. The number of anilines is 2. The van der Waals surface area contributed by atoms with Crippen LogP contribution in [-0.2, 0) is 24.7 Å². The number of hydrogen-bond donors (Lipinski definition) is 1. The average Bonchev–Trinajstić information content (AvgIpc) is 3.06. The number of aryl methyl sites for hydroxylation is 3. The molecule has 4 heteroatoms. The van der Waals surface area contributed by atoms with Gasteiger partial charge in [-0.05, 0) is 128 Å². The van der Waals surface area contributed by atoms with E-state index in [9.17, 15) is 0 Å². The van der Waals surface area contributed by atoms with Gasteiger partial charge in [0.2, 0.25) is 5.95 Å². The molecule has 4 nitrogen and oxygen atoms in total. The van der Waals surface area contributed by atoms with Crippen LogP contribution in [0.4, 0.5) is 11.6 Å². The molecular formula is C43H52N4. The molecule has 1 saturated heterocycles. The minimum Gasteiger partial charge on any atom is -0.382 e. The smallest absolute Gasteiger partial charge is 0.225 e. The van der Waals surface area contributed by atoms with Gasteiger partial charge in [0.1, 0.15) is 0 Å². The van der Waals surface area contributed by atoms with E-state index in [1.54, 1.807) is 0 Å². The molecule has 2 aliphatic carbocycles. The highest BCUT2D eigenvalue weighted by Gasteiger charge is 2.40. The van der Waals surface area contributed by atoms with Crippen molar-refractivity contribution >= 4 is 17.7 Å². The highest BCUT2D eigenvalue weighted by molar-refractivity contribution is 5.58. The van der Waals surface area contributed by atoms with Crippen LogP contribution in [0, 0.1) is 18.3 Å². The summed E-state index contributed by atoms with van der Waals surface area (Å²) in [5.41, 5.74) is 11.0. The normalized spacial score (nSPS) is 20.4. The van der Waals surface area contributed by atoms with E-state index in [-0.39, 0.29) is 5.41 Å². The first kappa shape index (κ1) is 31.7. The van der Waals surface area contributed by atoms with Gasteiger partial charge in [0, 0.05) is 42.1 Å². The Morgan fingerprint density at radius 2 is 1.55 bits per heavy atom. The largest absolute Gasteiger partial charge is 0.382 e. The fourth-order valence-electron chi connectivity index (χ4n) is 8.20. The van der Waals surface area contributed by atoms with E-state index in [1.807, 2.05) is 12.3 Å². The highest BCUT2D eigenvalue weighted by atomic mass is 15.3. The van der Waals surface area contributed by atoms with Crippen LogP contribution in [0.5, 0.6) is 0 Å². The fraction of sp³-hybridized carbons (Fsp3) is 0.442. The minimum absolute atomic E-state index is 0.0458. The van der Waals surface area contributed by atoms with E-state index in [2.05, 4.69) is 115 Å². The number of hydrogen-bond acceptors (Lipinski definition) is 4. The van der Waals surface area contributed by atoms with Gasteiger partial charge in [-0.25, -0.2) is 9.97 Å². The van der Waals surface area contributed by atoms with Crippen LogP contribution < -0.4 is 10.2 Å². The Kier molecular flexibility index (Phi) is 8.96. The highest BCUT2D eigenvalue weighted by Crippen LogP contribution is 2.49. The van der Waals surface area contributed by atoms with Crippen LogP contribution in [0.25, 0.3) is 6.08 Å². The van der Waals surface area contributed by atoms with E-state index >= 15 is 0 Å². The standard InChI is InChI=1S/C43H52N4/c1-5-35-12-18-39(27-31(35)2)45-40-29-34(30-40)28-33-9-15-37(16-10-33)42(3,4)36-13-7-32(8-14-36)11-17-38-19-24-44-41(46-38)47-25-22-43(23-26-47)20-6-21-43/h5,7-10,12-16,18-19,24,27,34,40,45H,1,6,11,17,20-23,25-26,28-30H2,2-4H3. The topological polar surface area (TPSA) is 41.1 Å². The average molecular weight is 625 g/mol. The molecular weight excluding hydrogens is 573 g/mol. The molecule has 4 aromatic rings. The lowest BCUT2D eigenvalue weighted by Gasteiger charge is -2.48. The predicted molar refractivity (Wildman–Crippen MR) is 197 cm³/mol. The maximum Gasteiger partial charge on any atom is 0.225 e. The molecule has 3 aromatic carbocycles. The van der Waals surface area contributed by atoms with Crippen LogP contribution in [0.3, 0.4) is 0 Å². The third-order valence-corrected chi connectivity index (χ3v) is 11.9. The maximum absolute atomic E-state index is 4.97. The third kappa shape index (κ3) is 7.03. The third-order valence-electron chi connectivity index (χ3n) is 11.9. The molecule has 1 aliphatic heterocycles. The van der Waals surface area contributed by atoms with Gasteiger partial charge in [0.25, 0.3) is 0 Å². The van der Waals surface area contributed by atoms with Gasteiger partial charge in [-0.3, -0.25) is 0 Å². The summed E-state index contributed by atoms with van der Waals surface area (Å²) in [7, 11) is 0. The van der Waals surface area contributed by atoms with Crippen molar-refractivity contribution in [3.8, 4) is 0 Å². The van der Waals surface area contributed by atoms with Crippen LogP contribution in [0.2, 0.25) is 0 Å². The molecule has 0 bridgehead atoms. The van der Waals surface area contributed by atoms with E-state index < -0.39 is 0 Å². The Balaban J connectivity index is 0.888. The van der Waals surface area contributed by atoms with Crippen LogP contribution in [-0.4, -0.2) is 29.1 Å². The SMILES string of the molecule is C=Cc1ccc(NC2CC(Cc3ccc(C(C)(C)c4ccc(CCc5ccnc(N6CCC7(CCC7)CC6)n5)cc4)cc3)C2)cc1C. The summed E-state index contributed by atoms with van der Waals surface area (Å²) in [6.45, 7) is 13.0. The second-order valence-electron chi connectivity index (χ2n) is 15.4. The van der Waals surface area contributed by atoms with Crippen LogP contribution in [0.1, 0.15) is 97.9 Å². The Bertz CT molecular complexity index is 1670. The van der Waals surface area contributed by atoms with E-state index in [0.717, 1.165) is 49.9 Å². The summed E-state index contributed by atoms with van der Waals surface area (Å²) in [6, 6.07) is 27.9. The van der Waals surface area contributed by atoms with Gasteiger partial charge < -0.3 is 10.2 Å². The summed E-state index contributed by atoms with van der Waals surface area (Å²) in [5.74, 6) is 1.68. The molecule has 0 atom stereocenters. The second-order valence-corrected chi connectivity index (χ2v) is 15.4. The van der Waals surface area contributed by atoms with Crippen molar-refractivity contribution in [1.29, 1.82) is 0 Å². The summed E-state index contributed by atoms with van der Waals surface area (Å²) in [6.07, 6.45) is 16.3. The number of piperidine rings is 1. The Labute approximate surface area is 282 Å². The van der Waals surface area contributed by atoms with Crippen molar-refractivity contribution in [2.45, 2.75) is 96.4 Å². The predicted octanol–water partition coefficient (Wildman–Crippen LogP) is 9.74.